The van der Waals surface area contributed by atoms with Gasteiger partial charge in [0.15, 0.2) is 0 Å². The van der Waals surface area contributed by atoms with Gasteiger partial charge in [-0.2, -0.15) is 5.26 Å². The number of benzene rings is 2. The number of nitrogens with one attached hydrogen (secondary N) is 1. The number of nitrogens with zero attached hydrogens (tertiary/aromatic N) is 4. The van der Waals surface area contributed by atoms with E-state index in [0.717, 1.165) is 50.0 Å². The fourth-order valence-electron chi connectivity index (χ4n) is 3.66. The zero-order valence-electron chi connectivity index (χ0n) is 17.3. The third-order valence-corrected chi connectivity index (χ3v) is 6.34. The zero-order valence-corrected chi connectivity index (χ0v) is 18.1. The van der Waals surface area contributed by atoms with Gasteiger partial charge in [0.25, 0.3) is 0 Å². The summed E-state index contributed by atoms with van der Waals surface area (Å²) in [6, 6.07) is 19.5. The summed E-state index contributed by atoms with van der Waals surface area (Å²) >= 11 is 1.69. The van der Waals surface area contributed by atoms with E-state index in [1.165, 1.54) is 5.56 Å². The molecule has 0 spiro atoms. The van der Waals surface area contributed by atoms with Crippen molar-refractivity contribution in [3.05, 3.63) is 71.2 Å². The highest BCUT2D eigenvalue weighted by atomic mass is 32.1. The first kappa shape index (κ1) is 21.2. The highest BCUT2D eigenvalue weighted by Crippen LogP contribution is 2.24. The number of hydrogen-bond donors (Lipinski definition) is 1. The normalized spacial score (nSPS) is 14.8. The molecule has 31 heavy (non-hydrogen) atoms. The maximum Gasteiger partial charge on any atom is 0.225 e. The van der Waals surface area contributed by atoms with Crippen LogP contribution in [0.4, 0.5) is 5.69 Å². The summed E-state index contributed by atoms with van der Waals surface area (Å²) in [7, 11) is 0. The monoisotopic (exact) mass is 431 g/mol. The molecule has 0 aliphatic carbocycles. The van der Waals surface area contributed by atoms with Crippen LogP contribution in [0.25, 0.3) is 10.6 Å². The first-order valence-electron chi connectivity index (χ1n) is 10.4. The van der Waals surface area contributed by atoms with Crippen molar-refractivity contribution in [3.63, 3.8) is 0 Å². The third kappa shape index (κ3) is 5.76. The van der Waals surface area contributed by atoms with Gasteiger partial charge in [-0.05, 0) is 12.1 Å². The van der Waals surface area contributed by atoms with Crippen LogP contribution in [0.2, 0.25) is 0 Å². The quantitative estimate of drug-likeness (QED) is 0.616. The van der Waals surface area contributed by atoms with Gasteiger partial charge in [-0.25, -0.2) is 4.98 Å². The Kier molecular flexibility index (Phi) is 7.05. The Morgan fingerprint density at radius 1 is 1.03 bits per heavy atom. The average Bonchev–Trinajstić information content (AvgIpc) is 3.28. The number of carbonyl (C=O) groups is 1. The molecular weight excluding hydrogens is 406 g/mol. The van der Waals surface area contributed by atoms with Gasteiger partial charge in [-0.1, -0.05) is 42.5 Å². The van der Waals surface area contributed by atoms with Crippen LogP contribution in [0.3, 0.4) is 0 Å². The molecule has 1 aliphatic rings. The minimum absolute atomic E-state index is 0.0546. The number of carbonyl (C=O) groups excluding carboxylic acids is 1. The van der Waals surface area contributed by atoms with Crippen LogP contribution in [0.5, 0.6) is 0 Å². The first-order chi connectivity index (χ1) is 15.2. The Balaban J connectivity index is 1.20. The summed E-state index contributed by atoms with van der Waals surface area (Å²) in [4.78, 5) is 21.8. The minimum atomic E-state index is -0.0546. The van der Waals surface area contributed by atoms with Gasteiger partial charge in [-0.3, -0.25) is 9.69 Å². The molecule has 1 aliphatic heterocycles. The van der Waals surface area contributed by atoms with E-state index in [1.807, 2.05) is 24.3 Å². The topological polar surface area (TPSA) is 72.3 Å². The molecule has 4 rings (SSSR count). The minimum Gasteiger partial charge on any atom is -0.325 e. The van der Waals surface area contributed by atoms with Crippen molar-refractivity contribution in [3.8, 4) is 16.6 Å². The van der Waals surface area contributed by atoms with Crippen LogP contribution in [-0.2, 0) is 11.3 Å². The molecule has 3 aromatic rings. The molecule has 0 saturated carbocycles. The highest BCUT2D eigenvalue weighted by Gasteiger charge is 2.19. The molecule has 2 aromatic carbocycles. The van der Waals surface area contributed by atoms with E-state index in [9.17, 15) is 4.79 Å². The molecule has 2 heterocycles. The summed E-state index contributed by atoms with van der Waals surface area (Å²) in [5.74, 6) is -0.0546. The lowest BCUT2D eigenvalue weighted by molar-refractivity contribution is -0.116. The van der Waals surface area contributed by atoms with Gasteiger partial charge in [0.05, 0.1) is 16.9 Å². The summed E-state index contributed by atoms with van der Waals surface area (Å²) < 4.78 is 0. The zero-order chi connectivity index (χ0) is 21.5. The third-order valence-electron chi connectivity index (χ3n) is 5.40. The number of rotatable bonds is 7. The molecule has 1 N–H and O–H groups in total. The van der Waals surface area contributed by atoms with E-state index >= 15 is 0 Å². The Bertz CT molecular complexity index is 1050. The van der Waals surface area contributed by atoms with E-state index in [4.69, 9.17) is 10.2 Å². The second kappa shape index (κ2) is 10.3. The first-order valence-corrected chi connectivity index (χ1v) is 11.3. The lowest BCUT2D eigenvalue weighted by Crippen LogP contribution is -2.46. The number of nitriles is 1. The molecule has 0 unspecified atom stereocenters. The fraction of sp³-hybridized carbons (Fsp3) is 0.292. The van der Waals surface area contributed by atoms with Gasteiger partial charge in [0.1, 0.15) is 11.1 Å². The van der Waals surface area contributed by atoms with Gasteiger partial charge in [-0.15, -0.1) is 11.3 Å². The summed E-state index contributed by atoms with van der Waals surface area (Å²) in [5.41, 5.74) is 3.35. The van der Waals surface area contributed by atoms with Crippen LogP contribution >= 0.6 is 11.3 Å². The Labute approximate surface area is 186 Å². The molecule has 7 heteroatoms. The molecule has 0 atom stereocenters. The number of para-hydroxylation sites is 1. The number of anilines is 1. The lowest BCUT2D eigenvalue weighted by Gasteiger charge is -2.34. The van der Waals surface area contributed by atoms with Crippen LogP contribution in [0.15, 0.2) is 60.0 Å². The van der Waals surface area contributed by atoms with Gasteiger partial charge >= 0.3 is 0 Å². The number of thiazole rings is 1. The van der Waals surface area contributed by atoms with E-state index in [0.29, 0.717) is 17.7 Å². The molecule has 0 bridgehead atoms. The van der Waals surface area contributed by atoms with E-state index in [-0.39, 0.29) is 5.91 Å². The molecule has 1 amide bonds. The van der Waals surface area contributed by atoms with E-state index in [1.54, 1.807) is 29.5 Å². The van der Waals surface area contributed by atoms with Crippen LogP contribution in [0, 0.1) is 11.3 Å². The van der Waals surface area contributed by atoms with Crippen molar-refractivity contribution >= 4 is 22.9 Å². The van der Waals surface area contributed by atoms with E-state index in [2.05, 4.69) is 38.7 Å². The van der Waals surface area contributed by atoms with Crippen LogP contribution in [0.1, 0.15) is 17.7 Å². The lowest BCUT2D eigenvalue weighted by atomic mass is 10.2. The van der Waals surface area contributed by atoms with Gasteiger partial charge in [0.2, 0.25) is 5.91 Å². The predicted molar refractivity (Wildman–Crippen MR) is 124 cm³/mol. The number of amides is 1. The molecular formula is C24H25N5OS. The van der Waals surface area contributed by atoms with Crippen molar-refractivity contribution in [2.24, 2.45) is 0 Å². The maximum atomic E-state index is 12.3. The van der Waals surface area contributed by atoms with Gasteiger partial charge in [0, 0.05) is 56.6 Å². The number of aromatic nitrogens is 1. The van der Waals surface area contributed by atoms with Crippen molar-refractivity contribution in [2.45, 2.75) is 13.0 Å². The van der Waals surface area contributed by atoms with Crippen molar-refractivity contribution < 1.29 is 4.79 Å². The Morgan fingerprint density at radius 3 is 2.52 bits per heavy atom. The molecule has 1 aromatic heterocycles. The van der Waals surface area contributed by atoms with Crippen molar-refractivity contribution in [2.75, 3.05) is 38.0 Å². The predicted octanol–water partition coefficient (Wildman–Crippen LogP) is 3.83. The summed E-state index contributed by atoms with van der Waals surface area (Å²) in [5, 5.41) is 15.2. The summed E-state index contributed by atoms with van der Waals surface area (Å²) in [6.07, 6.45) is 0.423. The fourth-order valence-corrected chi connectivity index (χ4v) is 4.47. The van der Waals surface area contributed by atoms with Crippen molar-refractivity contribution in [1.29, 1.82) is 5.26 Å². The molecule has 158 valence electrons. The maximum absolute atomic E-state index is 12.3. The SMILES string of the molecule is N#Cc1ccccc1NC(=O)CCN1CCN(Cc2csc(-c3ccccc3)n2)CC1. The molecule has 1 fully saturated rings. The second-order valence-corrected chi connectivity index (χ2v) is 8.44. The molecule has 0 radical (unpaired) electrons. The smallest absolute Gasteiger partial charge is 0.225 e. The van der Waals surface area contributed by atoms with E-state index < -0.39 is 0 Å². The summed E-state index contributed by atoms with van der Waals surface area (Å²) in [6.45, 7) is 5.41. The van der Waals surface area contributed by atoms with Crippen molar-refractivity contribution in [1.82, 2.24) is 14.8 Å². The highest BCUT2D eigenvalue weighted by molar-refractivity contribution is 7.13. The Hall–Kier alpha value is -3.05. The largest absolute Gasteiger partial charge is 0.325 e. The number of piperazine rings is 1. The molecule has 1 saturated heterocycles. The Morgan fingerprint density at radius 2 is 1.74 bits per heavy atom. The van der Waals surface area contributed by atoms with Crippen LogP contribution < -0.4 is 5.32 Å². The second-order valence-electron chi connectivity index (χ2n) is 7.58. The number of hydrogen-bond acceptors (Lipinski definition) is 6. The standard InChI is InChI=1S/C24H25N5OS/c25-16-20-8-4-5-9-22(20)27-23(30)10-11-28-12-14-29(15-13-28)17-21-18-31-24(26-21)19-6-2-1-3-7-19/h1-9,18H,10-15,17H2,(H,27,30). The van der Waals surface area contributed by atoms with Gasteiger partial charge < -0.3 is 10.2 Å². The average molecular weight is 432 g/mol. The molecule has 6 nitrogen and oxygen atoms in total. The van der Waals surface area contributed by atoms with Crippen LogP contribution in [-0.4, -0.2) is 53.4 Å².